The summed E-state index contributed by atoms with van der Waals surface area (Å²) in [6.07, 6.45) is -3.91. The molecule has 1 aromatic carbocycles. The lowest BCUT2D eigenvalue weighted by atomic mass is 9.87. The molecule has 0 aromatic heterocycles. The van der Waals surface area contributed by atoms with E-state index in [1.54, 1.807) is 9.80 Å². The van der Waals surface area contributed by atoms with Crippen LogP contribution in [-0.4, -0.2) is 76.1 Å². The summed E-state index contributed by atoms with van der Waals surface area (Å²) in [7, 11) is -1.57. The fourth-order valence-electron chi connectivity index (χ4n) is 4.24. The van der Waals surface area contributed by atoms with Crippen LogP contribution in [0.25, 0.3) is 0 Å². The number of rotatable bonds is 3. The molecule has 3 aliphatic rings. The van der Waals surface area contributed by atoms with Crippen molar-refractivity contribution in [1.29, 1.82) is 0 Å². The third kappa shape index (κ3) is 4.60. The van der Waals surface area contributed by atoms with Gasteiger partial charge >= 0.3 is 12.2 Å². The number of amides is 3. The van der Waals surface area contributed by atoms with Crippen LogP contribution in [-0.2, 0) is 26.5 Å². The number of ether oxygens (including phenoxy) is 1. The quantitative estimate of drug-likeness (QED) is 0.702. The normalized spacial score (nSPS) is 27.4. The Morgan fingerprint density at radius 3 is 2.69 bits per heavy atom. The summed E-state index contributed by atoms with van der Waals surface area (Å²) < 4.78 is 56.6. The molecule has 7 nitrogen and oxygen atoms in total. The van der Waals surface area contributed by atoms with Gasteiger partial charge in [-0.1, -0.05) is 11.6 Å². The number of carbonyl (C=O) groups excluding carboxylic acids is 2. The maximum atomic E-state index is 12.8. The van der Waals surface area contributed by atoms with Crippen molar-refractivity contribution >= 4 is 34.3 Å². The molecule has 4 rings (SSSR count). The van der Waals surface area contributed by atoms with Crippen molar-refractivity contribution in [3.8, 4) is 0 Å². The fourth-order valence-corrected chi connectivity index (χ4v) is 6.00. The SMILES string of the molecule is C[C@]12CCN(C(=O)N3CC(CS(=O)c4ccc(C(F)(F)F)cc4Cl)C3)C[C@H]1NC(=O)CO2. The summed E-state index contributed by atoms with van der Waals surface area (Å²) in [4.78, 5) is 28.0. The summed E-state index contributed by atoms with van der Waals surface area (Å²) in [5.41, 5.74) is -1.37. The maximum Gasteiger partial charge on any atom is 0.416 e. The molecule has 0 bridgehead atoms. The summed E-state index contributed by atoms with van der Waals surface area (Å²) >= 11 is 5.93. The zero-order chi connectivity index (χ0) is 23.3. The maximum absolute atomic E-state index is 12.8. The number of fused-ring (bicyclic) bond motifs is 1. The number of carbonyl (C=O) groups is 2. The van der Waals surface area contributed by atoms with E-state index >= 15 is 0 Å². The average Bonchev–Trinajstić information content (AvgIpc) is 2.69. The summed E-state index contributed by atoms with van der Waals surface area (Å²) in [6.45, 7) is 3.63. The van der Waals surface area contributed by atoms with Gasteiger partial charge in [-0.15, -0.1) is 0 Å². The van der Waals surface area contributed by atoms with E-state index in [4.69, 9.17) is 16.3 Å². The molecule has 176 valence electrons. The van der Waals surface area contributed by atoms with Crippen LogP contribution in [0.5, 0.6) is 0 Å². The number of likely N-dealkylation sites (tertiary alicyclic amines) is 2. The van der Waals surface area contributed by atoms with Crippen molar-refractivity contribution in [2.75, 3.05) is 38.5 Å². The van der Waals surface area contributed by atoms with Gasteiger partial charge in [-0.25, -0.2) is 4.79 Å². The van der Waals surface area contributed by atoms with Gasteiger partial charge in [0.15, 0.2) is 0 Å². The Hall–Kier alpha value is -1.85. The van der Waals surface area contributed by atoms with Crippen LogP contribution in [0.4, 0.5) is 18.0 Å². The van der Waals surface area contributed by atoms with Crippen molar-refractivity contribution in [2.24, 2.45) is 5.92 Å². The number of piperidine rings is 1. The van der Waals surface area contributed by atoms with Gasteiger partial charge in [-0.05, 0) is 31.5 Å². The first-order valence-corrected chi connectivity index (χ1v) is 11.9. The minimum absolute atomic E-state index is 0.0227. The topological polar surface area (TPSA) is 79.0 Å². The van der Waals surface area contributed by atoms with E-state index in [9.17, 15) is 27.0 Å². The molecule has 0 radical (unpaired) electrons. The second-order valence-electron chi connectivity index (χ2n) is 8.63. The molecular formula is C20H23ClF3N3O4S. The Morgan fingerprint density at radius 2 is 2.03 bits per heavy atom. The second-order valence-corrected chi connectivity index (χ2v) is 10.5. The highest BCUT2D eigenvalue weighted by atomic mass is 35.5. The molecule has 0 spiro atoms. The fraction of sp³-hybridized carbons (Fsp3) is 0.600. The molecule has 1 unspecified atom stereocenters. The molecule has 1 aromatic rings. The minimum atomic E-state index is -4.52. The van der Waals surface area contributed by atoms with Crippen LogP contribution < -0.4 is 5.32 Å². The monoisotopic (exact) mass is 493 g/mol. The van der Waals surface area contributed by atoms with Gasteiger partial charge in [0.1, 0.15) is 6.61 Å². The van der Waals surface area contributed by atoms with E-state index in [2.05, 4.69) is 5.32 Å². The Balaban J connectivity index is 1.29. The van der Waals surface area contributed by atoms with E-state index in [-0.39, 0.29) is 46.2 Å². The van der Waals surface area contributed by atoms with Gasteiger partial charge in [0.2, 0.25) is 5.91 Å². The van der Waals surface area contributed by atoms with Crippen LogP contribution in [0, 0.1) is 5.92 Å². The van der Waals surface area contributed by atoms with Crippen LogP contribution in [0.1, 0.15) is 18.9 Å². The van der Waals surface area contributed by atoms with E-state index in [0.717, 1.165) is 18.2 Å². The average molecular weight is 494 g/mol. The molecule has 3 aliphatic heterocycles. The largest absolute Gasteiger partial charge is 0.416 e. The van der Waals surface area contributed by atoms with Gasteiger partial charge in [0.05, 0.1) is 37.9 Å². The molecule has 3 atom stereocenters. The van der Waals surface area contributed by atoms with E-state index in [1.165, 1.54) is 0 Å². The molecule has 3 fully saturated rings. The van der Waals surface area contributed by atoms with E-state index in [0.29, 0.717) is 32.6 Å². The molecule has 0 aliphatic carbocycles. The smallest absolute Gasteiger partial charge is 0.363 e. The lowest BCUT2D eigenvalue weighted by Gasteiger charge is -2.50. The Morgan fingerprint density at radius 1 is 1.31 bits per heavy atom. The predicted molar refractivity (Wildman–Crippen MR) is 111 cm³/mol. The van der Waals surface area contributed by atoms with Crippen LogP contribution in [0.2, 0.25) is 5.02 Å². The minimum Gasteiger partial charge on any atom is -0.363 e. The number of morpholine rings is 1. The van der Waals surface area contributed by atoms with Crippen LogP contribution in [0.3, 0.4) is 0 Å². The second kappa shape index (κ2) is 8.49. The highest BCUT2D eigenvalue weighted by molar-refractivity contribution is 7.85. The first-order valence-electron chi connectivity index (χ1n) is 10.2. The van der Waals surface area contributed by atoms with Crippen molar-refractivity contribution in [2.45, 2.75) is 36.1 Å². The van der Waals surface area contributed by atoms with Crippen molar-refractivity contribution in [3.05, 3.63) is 28.8 Å². The highest BCUT2D eigenvalue weighted by Gasteiger charge is 2.46. The highest BCUT2D eigenvalue weighted by Crippen LogP contribution is 2.34. The van der Waals surface area contributed by atoms with Crippen LogP contribution >= 0.6 is 11.6 Å². The molecule has 12 heteroatoms. The number of halogens is 4. The number of nitrogens with one attached hydrogen (secondary N) is 1. The van der Waals surface area contributed by atoms with E-state index < -0.39 is 28.1 Å². The Kier molecular flexibility index (Phi) is 6.19. The van der Waals surface area contributed by atoms with E-state index in [1.807, 2.05) is 6.92 Å². The molecule has 3 saturated heterocycles. The third-order valence-corrected chi connectivity index (χ3v) is 8.32. The predicted octanol–water partition coefficient (Wildman–Crippen LogP) is 2.50. The zero-order valence-corrected chi connectivity index (χ0v) is 18.9. The van der Waals surface area contributed by atoms with Crippen LogP contribution in [0.15, 0.2) is 23.1 Å². The van der Waals surface area contributed by atoms with Gasteiger partial charge in [0, 0.05) is 37.8 Å². The molecule has 0 saturated carbocycles. The number of urea groups is 1. The number of benzene rings is 1. The van der Waals surface area contributed by atoms with Gasteiger partial charge < -0.3 is 19.9 Å². The zero-order valence-electron chi connectivity index (χ0n) is 17.3. The molecule has 1 N–H and O–H groups in total. The third-order valence-electron chi connectivity index (χ3n) is 6.28. The first kappa shape index (κ1) is 23.3. The number of alkyl halides is 3. The number of hydrogen-bond acceptors (Lipinski definition) is 4. The lowest BCUT2D eigenvalue weighted by molar-refractivity contribution is -0.156. The first-order chi connectivity index (χ1) is 15.0. The molecule has 32 heavy (non-hydrogen) atoms. The molecular weight excluding hydrogens is 471 g/mol. The van der Waals surface area contributed by atoms with Gasteiger partial charge in [-0.3, -0.25) is 9.00 Å². The standard InChI is InChI=1S/C20H23ClF3N3O4S/c1-19-4-5-26(9-16(19)25-17(28)10-31-19)18(29)27-7-12(8-27)11-32(30)15-3-2-13(6-14(15)21)20(22,23)24/h2-3,6,12,16H,4-5,7-11H2,1H3,(H,25,28)/t16-,19+,32?/m1/s1. The van der Waals surface area contributed by atoms with Gasteiger partial charge in [0.25, 0.3) is 0 Å². The molecule has 3 amide bonds. The summed E-state index contributed by atoms with van der Waals surface area (Å²) in [5, 5.41) is 2.71. The van der Waals surface area contributed by atoms with Gasteiger partial charge in [-0.2, -0.15) is 13.2 Å². The Labute approximate surface area is 190 Å². The Bertz CT molecular complexity index is 957. The number of nitrogens with zero attached hydrogens (tertiary/aromatic N) is 2. The van der Waals surface area contributed by atoms with Crippen molar-refractivity contribution in [3.63, 3.8) is 0 Å². The number of hydrogen-bond donors (Lipinski definition) is 1. The van der Waals surface area contributed by atoms with Crippen molar-refractivity contribution in [1.82, 2.24) is 15.1 Å². The van der Waals surface area contributed by atoms with Crippen molar-refractivity contribution < 1.29 is 31.7 Å². The lowest BCUT2D eigenvalue weighted by Crippen LogP contribution is -2.68. The summed E-state index contributed by atoms with van der Waals surface area (Å²) in [5.74, 6) is -0.0273. The summed E-state index contributed by atoms with van der Waals surface area (Å²) in [6, 6.07) is 2.37. The molecule has 3 heterocycles.